The topological polar surface area (TPSA) is 12.5 Å². The third-order valence-electron chi connectivity index (χ3n) is 9.25. The molecule has 202 valence electrons. The summed E-state index contributed by atoms with van der Waals surface area (Å²) >= 11 is 0. The third kappa shape index (κ3) is 11.8. The van der Waals surface area contributed by atoms with Gasteiger partial charge in [-0.1, -0.05) is 91.9 Å². The van der Waals surface area contributed by atoms with Gasteiger partial charge in [0, 0.05) is 13.2 Å². The lowest BCUT2D eigenvalue weighted by Crippen LogP contribution is -2.48. The molecule has 2 rings (SSSR count). The van der Waals surface area contributed by atoms with E-state index in [9.17, 15) is 0 Å². The number of likely N-dealkylation sites (tertiary alicyclic amines) is 1. The molecule has 34 heavy (non-hydrogen) atoms. The standard InChI is InChI=1S/C32H63NO/c1-5-9-12-15-18-29(17-13-10-6-2)28-33-23-21-32(22-24-33)26-30(27-32)19-16-25-34-31(8-4)20-14-11-7-3/h29-31H,5-28H2,1-4H3. The number of unbranched alkanes of at least 4 members (excludes halogenated alkanes) is 7. The van der Waals surface area contributed by atoms with Gasteiger partial charge >= 0.3 is 0 Å². The molecule has 1 aliphatic carbocycles. The number of ether oxygens (including phenoxy) is 1. The molecule has 0 aromatic carbocycles. The van der Waals surface area contributed by atoms with E-state index in [2.05, 4.69) is 32.6 Å². The molecule has 0 aromatic rings. The van der Waals surface area contributed by atoms with Crippen molar-refractivity contribution in [1.29, 1.82) is 0 Å². The van der Waals surface area contributed by atoms with Crippen molar-refractivity contribution < 1.29 is 4.74 Å². The fourth-order valence-electron chi connectivity index (χ4n) is 6.87. The van der Waals surface area contributed by atoms with Crippen molar-refractivity contribution >= 4 is 0 Å². The summed E-state index contributed by atoms with van der Waals surface area (Å²) in [6, 6.07) is 0. The minimum atomic E-state index is 0.515. The Morgan fingerprint density at radius 3 is 1.94 bits per heavy atom. The first-order valence-electron chi connectivity index (χ1n) is 16.0. The van der Waals surface area contributed by atoms with Gasteiger partial charge in [0.15, 0.2) is 0 Å². The highest BCUT2D eigenvalue weighted by molar-refractivity contribution is 4.97. The van der Waals surface area contributed by atoms with Gasteiger partial charge in [0.25, 0.3) is 0 Å². The molecular weight excluding hydrogens is 414 g/mol. The summed E-state index contributed by atoms with van der Waals surface area (Å²) in [5.74, 6) is 1.95. The van der Waals surface area contributed by atoms with Crippen LogP contribution in [0.1, 0.15) is 156 Å². The molecule has 1 saturated carbocycles. The summed E-state index contributed by atoms with van der Waals surface area (Å²) in [6.45, 7) is 14.4. The van der Waals surface area contributed by atoms with E-state index < -0.39 is 0 Å². The summed E-state index contributed by atoms with van der Waals surface area (Å²) in [4.78, 5) is 2.85. The third-order valence-corrected chi connectivity index (χ3v) is 9.25. The Morgan fingerprint density at radius 1 is 0.735 bits per heavy atom. The monoisotopic (exact) mass is 477 g/mol. The smallest absolute Gasteiger partial charge is 0.0572 e. The average molecular weight is 478 g/mol. The van der Waals surface area contributed by atoms with Crippen LogP contribution < -0.4 is 0 Å². The van der Waals surface area contributed by atoms with Gasteiger partial charge in [-0.25, -0.2) is 0 Å². The number of hydrogen-bond acceptors (Lipinski definition) is 2. The second-order valence-corrected chi connectivity index (χ2v) is 12.3. The molecule has 2 nitrogen and oxygen atoms in total. The lowest BCUT2D eigenvalue weighted by molar-refractivity contribution is -0.0260. The van der Waals surface area contributed by atoms with E-state index in [1.165, 1.54) is 148 Å². The van der Waals surface area contributed by atoms with Crippen molar-refractivity contribution in [2.45, 2.75) is 162 Å². The lowest BCUT2D eigenvalue weighted by atomic mass is 9.56. The highest BCUT2D eigenvalue weighted by atomic mass is 16.5. The normalized spacial score (nSPS) is 20.5. The van der Waals surface area contributed by atoms with Gasteiger partial charge in [-0.3, -0.25) is 0 Å². The zero-order valence-corrected chi connectivity index (χ0v) is 24.1. The predicted octanol–water partition coefficient (Wildman–Crippen LogP) is 9.80. The zero-order valence-electron chi connectivity index (χ0n) is 24.1. The Bertz CT molecular complexity index is 462. The molecule has 1 saturated heterocycles. The van der Waals surface area contributed by atoms with E-state index in [4.69, 9.17) is 4.74 Å². The molecule has 2 atom stereocenters. The maximum Gasteiger partial charge on any atom is 0.0572 e. The van der Waals surface area contributed by atoms with E-state index in [0.29, 0.717) is 6.10 Å². The first kappa shape index (κ1) is 30.1. The molecule has 0 radical (unpaired) electrons. The highest BCUT2D eigenvalue weighted by Gasteiger charge is 2.45. The van der Waals surface area contributed by atoms with Crippen LogP contribution in [-0.4, -0.2) is 37.2 Å². The van der Waals surface area contributed by atoms with Crippen LogP contribution in [0.4, 0.5) is 0 Å². The van der Waals surface area contributed by atoms with Gasteiger partial charge < -0.3 is 9.64 Å². The maximum atomic E-state index is 6.21. The molecule has 2 fully saturated rings. The van der Waals surface area contributed by atoms with Crippen molar-refractivity contribution in [3.8, 4) is 0 Å². The van der Waals surface area contributed by atoms with E-state index in [-0.39, 0.29) is 0 Å². The summed E-state index contributed by atoms with van der Waals surface area (Å²) in [7, 11) is 0. The predicted molar refractivity (Wildman–Crippen MR) is 151 cm³/mol. The summed E-state index contributed by atoms with van der Waals surface area (Å²) < 4.78 is 6.21. The van der Waals surface area contributed by atoms with Gasteiger partial charge in [0.1, 0.15) is 0 Å². The van der Waals surface area contributed by atoms with Crippen molar-refractivity contribution in [2.75, 3.05) is 26.2 Å². The Labute approximate surface area is 215 Å². The molecular formula is C32H63NO. The van der Waals surface area contributed by atoms with Crippen LogP contribution in [0.5, 0.6) is 0 Å². The molecule has 2 aliphatic rings. The lowest BCUT2D eigenvalue weighted by Gasteiger charge is -2.53. The van der Waals surface area contributed by atoms with E-state index in [0.717, 1.165) is 23.9 Å². The first-order valence-corrected chi connectivity index (χ1v) is 16.0. The van der Waals surface area contributed by atoms with Gasteiger partial charge in [-0.2, -0.15) is 0 Å². The van der Waals surface area contributed by atoms with Crippen LogP contribution in [0.2, 0.25) is 0 Å². The molecule has 0 N–H and O–H groups in total. The first-order chi connectivity index (χ1) is 16.6. The molecule has 1 heterocycles. The van der Waals surface area contributed by atoms with Crippen molar-refractivity contribution in [2.24, 2.45) is 17.3 Å². The largest absolute Gasteiger partial charge is 0.378 e. The Balaban J connectivity index is 1.58. The number of nitrogens with zero attached hydrogens (tertiary/aromatic N) is 1. The summed E-state index contributed by atoms with van der Waals surface area (Å²) in [5.41, 5.74) is 0.729. The van der Waals surface area contributed by atoms with Gasteiger partial charge in [0.2, 0.25) is 0 Å². The van der Waals surface area contributed by atoms with Crippen molar-refractivity contribution in [3.05, 3.63) is 0 Å². The Morgan fingerprint density at radius 2 is 1.32 bits per heavy atom. The molecule has 0 bridgehead atoms. The van der Waals surface area contributed by atoms with Crippen LogP contribution in [-0.2, 0) is 4.74 Å². The Kier molecular flexibility index (Phi) is 16.1. The Hall–Kier alpha value is -0.0800. The summed E-state index contributed by atoms with van der Waals surface area (Å²) in [6.07, 6.45) is 28.6. The maximum absolute atomic E-state index is 6.21. The molecule has 0 amide bonds. The van der Waals surface area contributed by atoms with Crippen LogP contribution in [0, 0.1) is 17.3 Å². The van der Waals surface area contributed by atoms with E-state index in [1.807, 2.05) is 0 Å². The SMILES string of the molecule is CCCCCCC(CCCCC)CN1CCC2(CC1)CC(CCCOC(CC)CCCCC)C2. The molecule has 0 aromatic heterocycles. The van der Waals surface area contributed by atoms with Crippen LogP contribution in [0.3, 0.4) is 0 Å². The second-order valence-electron chi connectivity index (χ2n) is 12.3. The van der Waals surface area contributed by atoms with Crippen LogP contribution in [0.15, 0.2) is 0 Å². The average Bonchev–Trinajstić information content (AvgIpc) is 2.83. The highest BCUT2D eigenvalue weighted by Crippen LogP contribution is 2.54. The van der Waals surface area contributed by atoms with Crippen molar-refractivity contribution in [1.82, 2.24) is 4.90 Å². The molecule has 1 spiro atoms. The zero-order chi connectivity index (χ0) is 24.5. The fourth-order valence-corrected chi connectivity index (χ4v) is 6.87. The second kappa shape index (κ2) is 18.2. The number of hydrogen-bond donors (Lipinski definition) is 0. The van der Waals surface area contributed by atoms with E-state index in [1.54, 1.807) is 0 Å². The van der Waals surface area contributed by atoms with Crippen LogP contribution >= 0.6 is 0 Å². The molecule has 2 unspecified atom stereocenters. The van der Waals surface area contributed by atoms with Gasteiger partial charge in [-0.15, -0.1) is 0 Å². The summed E-state index contributed by atoms with van der Waals surface area (Å²) in [5, 5.41) is 0. The minimum Gasteiger partial charge on any atom is -0.378 e. The molecule has 1 aliphatic heterocycles. The fraction of sp³-hybridized carbons (Fsp3) is 1.00. The number of rotatable bonds is 21. The number of piperidine rings is 1. The minimum absolute atomic E-state index is 0.515. The van der Waals surface area contributed by atoms with Crippen LogP contribution in [0.25, 0.3) is 0 Å². The quantitative estimate of drug-likeness (QED) is 0.152. The van der Waals surface area contributed by atoms with E-state index >= 15 is 0 Å². The molecule has 2 heteroatoms. The van der Waals surface area contributed by atoms with Gasteiger partial charge in [-0.05, 0) is 94.5 Å². The van der Waals surface area contributed by atoms with Crippen molar-refractivity contribution in [3.63, 3.8) is 0 Å². The van der Waals surface area contributed by atoms with Gasteiger partial charge in [0.05, 0.1) is 6.10 Å².